The topological polar surface area (TPSA) is 25.8 Å². The zero-order valence-corrected chi connectivity index (χ0v) is 6.81. The summed E-state index contributed by atoms with van der Waals surface area (Å²) in [4.78, 5) is 0. The first-order chi connectivity index (χ1) is 6.38. The Hall–Kier alpha value is -1.77. The molecule has 13 heavy (non-hydrogen) atoms. The second-order valence-electron chi connectivity index (χ2n) is 2.59. The standard InChI is InChI=1S/C10H7FN2/c11-9-5-2-1-4-8(9)10-6-3-7-12-13-10/h1-7H. The molecule has 0 unspecified atom stereocenters. The van der Waals surface area contributed by atoms with Crippen molar-refractivity contribution in [2.45, 2.75) is 0 Å². The molecule has 0 aliphatic heterocycles. The van der Waals surface area contributed by atoms with Crippen LogP contribution in [0.25, 0.3) is 11.3 Å². The van der Waals surface area contributed by atoms with Crippen molar-refractivity contribution in [2.24, 2.45) is 0 Å². The number of hydrogen-bond acceptors (Lipinski definition) is 2. The first kappa shape index (κ1) is 7.86. The maximum absolute atomic E-state index is 13.2. The van der Waals surface area contributed by atoms with Gasteiger partial charge in [0.1, 0.15) is 5.82 Å². The Morgan fingerprint density at radius 3 is 2.54 bits per heavy atom. The summed E-state index contributed by atoms with van der Waals surface area (Å²) >= 11 is 0. The predicted octanol–water partition coefficient (Wildman–Crippen LogP) is 2.28. The van der Waals surface area contributed by atoms with Crippen molar-refractivity contribution in [3.8, 4) is 11.3 Å². The van der Waals surface area contributed by atoms with Gasteiger partial charge in [-0.15, -0.1) is 0 Å². The largest absolute Gasteiger partial charge is 0.206 e. The zero-order chi connectivity index (χ0) is 9.10. The van der Waals surface area contributed by atoms with E-state index in [1.807, 2.05) is 0 Å². The van der Waals surface area contributed by atoms with Gasteiger partial charge in [0.2, 0.25) is 0 Å². The smallest absolute Gasteiger partial charge is 0.132 e. The molecule has 0 bridgehead atoms. The lowest BCUT2D eigenvalue weighted by molar-refractivity contribution is 0.630. The highest BCUT2D eigenvalue weighted by molar-refractivity contribution is 5.58. The van der Waals surface area contributed by atoms with Crippen LogP contribution in [-0.4, -0.2) is 10.2 Å². The summed E-state index contributed by atoms with van der Waals surface area (Å²) in [5.41, 5.74) is 1.04. The van der Waals surface area contributed by atoms with E-state index >= 15 is 0 Å². The van der Waals surface area contributed by atoms with Crippen molar-refractivity contribution in [2.75, 3.05) is 0 Å². The van der Waals surface area contributed by atoms with Gasteiger partial charge in [0, 0.05) is 11.8 Å². The van der Waals surface area contributed by atoms with Crippen LogP contribution in [0.4, 0.5) is 4.39 Å². The average molecular weight is 174 g/mol. The summed E-state index contributed by atoms with van der Waals surface area (Å²) in [6, 6.07) is 9.96. The molecule has 64 valence electrons. The van der Waals surface area contributed by atoms with Crippen molar-refractivity contribution >= 4 is 0 Å². The number of aromatic nitrogens is 2. The normalized spacial score (nSPS) is 9.92. The van der Waals surface area contributed by atoms with Crippen molar-refractivity contribution in [1.82, 2.24) is 10.2 Å². The van der Waals surface area contributed by atoms with Gasteiger partial charge in [-0.1, -0.05) is 12.1 Å². The first-order valence-electron chi connectivity index (χ1n) is 3.90. The molecule has 2 nitrogen and oxygen atoms in total. The quantitative estimate of drug-likeness (QED) is 0.662. The molecule has 0 saturated heterocycles. The number of rotatable bonds is 1. The molecule has 2 rings (SSSR count). The Balaban J connectivity index is 2.54. The summed E-state index contributed by atoms with van der Waals surface area (Å²) in [5, 5.41) is 7.51. The molecule has 0 N–H and O–H groups in total. The summed E-state index contributed by atoms with van der Waals surface area (Å²) < 4.78 is 13.2. The van der Waals surface area contributed by atoms with Crippen molar-refractivity contribution < 1.29 is 4.39 Å². The fourth-order valence-electron chi connectivity index (χ4n) is 1.11. The van der Waals surface area contributed by atoms with Crippen LogP contribution in [0.1, 0.15) is 0 Å². The first-order valence-corrected chi connectivity index (χ1v) is 3.90. The maximum atomic E-state index is 13.2. The van der Waals surface area contributed by atoms with E-state index in [4.69, 9.17) is 0 Å². The molecule has 0 saturated carbocycles. The second-order valence-corrected chi connectivity index (χ2v) is 2.59. The van der Waals surface area contributed by atoms with Crippen molar-refractivity contribution in [1.29, 1.82) is 0 Å². The van der Waals surface area contributed by atoms with E-state index in [0.29, 0.717) is 11.3 Å². The number of hydrogen-bond donors (Lipinski definition) is 0. The van der Waals surface area contributed by atoms with Gasteiger partial charge in [0.05, 0.1) is 5.69 Å². The average Bonchev–Trinajstić information content (AvgIpc) is 2.20. The van der Waals surface area contributed by atoms with E-state index in [1.165, 1.54) is 6.07 Å². The van der Waals surface area contributed by atoms with E-state index in [2.05, 4.69) is 10.2 Å². The number of benzene rings is 1. The third-order valence-corrected chi connectivity index (χ3v) is 1.72. The van der Waals surface area contributed by atoms with E-state index in [-0.39, 0.29) is 5.82 Å². The minimum absolute atomic E-state index is 0.275. The number of halogens is 1. The van der Waals surface area contributed by atoms with E-state index in [1.54, 1.807) is 36.5 Å². The SMILES string of the molecule is Fc1ccccc1-c1cccnn1. The fourth-order valence-corrected chi connectivity index (χ4v) is 1.11. The summed E-state index contributed by atoms with van der Waals surface area (Å²) in [6.45, 7) is 0. The van der Waals surface area contributed by atoms with Crippen LogP contribution in [0.15, 0.2) is 42.6 Å². The van der Waals surface area contributed by atoms with Crippen LogP contribution < -0.4 is 0 Å². The summed E-state index contributed by atoms with van der Waals surface area (Å²) in [6.07, 6.45) is 1.56. The molecule has 0 radical (unpaired) electrons. The Kier molecular flexibility index (Phi) is 2.00. The third kappa shape index (κ3) is 1.54. The van der Waals surface area contributed by atoms with Gasteiger partial charge in [-0.25, -0.2) is 4.39 Å². The monoisotopic (exact) mass is 174 g/mol. The molecule has 0 aliphatic rings. The highest BCUT2D eigenvalue weighted by Gasteiger charge is 2.03. The molecule has 2 aromatic rings. The van der Waals surface area contributed by atoms with Crippen LogP contribution in [0.5, 0.6) is 0 Å². The summed E-state index contributed by atoms with van der Waals surface area (Å²) in [5.74, 6) is -0.275. The maximum Gasteiger partial charge on any atom is 0.132 e. The third-order valence-electron chi connectivity index (χ3n) is 1.72. The zero-order valence-electron chi connectivity index (χ0n) is 6.81. The van der Waals surface area contributed by atoms with Crippen molar-refractivity contribution in [3.05, 3.63) is 48.4 Å². The Morgan fingerprint density at radius 1 is 1.00 bits per heavy atom. The lowest BCUT2D eigenvalue weighted by Crippen LogP contribution is -1.88. The molecule has 1 heterocycles. The molecule has 0 fully saturated rings. The van der Waals surface area contributed by atoms with Crippen LogP contribution in [0.2, 0.25) is 0 Å². The molecule has 0 atom stereocenters. The lowest BCUT2D eigenvalue weighted by Gasteiger charge is -1.99. The highest BCUT2D eigenvalue weighted by atomic mass is 19.1. The molecule has 0 amide bonds. The van der Waals surface area contributed by atoms with E-state index < -0.39 is 0 Å². The minimum atomic E-state index is -0.275. The molecular weight excluding hydrogens is 167 g/mol. The van der Waals surface area contributed by atoms with Crippen LogP contribution in [0, 0.1) is 5.82 Å². The molecule has 3 heteroatoms. The van der Waals surface area contributed by atoms with Crippen LogP contribution in [0.3, 0.4) is 0 Å². The predicted molar refractivity (Wildman–Crippen MR) is 47.4 cm³/mol. The van der Waals surface area contributed by atoms with Gasteiger partial charge in [-0.3, -0.25) is 0 Å². The molecule has 1 aromatic carbocycles. The van der Waals surface area contributed by atoms with Gasteiger partial charge >= 0.3 is 0 Å². The van der Waals surface area contributed by atoms with Gasteiger partial charge in [-0.2, -0.15) is 10.2 Å². The fraction of sp³-hybridized carbons (Fsp3) is 0. The Morgan fingerprint density at radius 2 is 1.85 bits per heavy atom. The Bertz CT molecular complexity index is 401. The van der Waals surface area contributed by atoms with Crippen LogP contribution >= 0.6 is 0 Å². The van der Waals surface area contributed by atoms with Gasteiger partial charge in [-0.05, 0) is 24.3 Å². The second kappa shape index (κ2) is 3.31. The van der Waals surface area contributed by atoms with E-state index in [9.17, 15) is 4.39 Å². The number of nitrogens with zero attached hydrogens (tertiary/aromatic N) is 2. The van der Waals surface area contributed by atoms with Gasteiger partial charge in [0.15, 0.2) is 0 Å². The molecule has 0 spiro atoms. The summed E-state index contributed by atoms with van der Waals surface area (Å²) in [7, 11) is 0. The lowest BCUT2D eigenvalue weighted by atomic mass is 10.1. The van der Waals surface area contributed by atoms with Crippen molar-refractivity contribution in [3.63, 3.8) is 0 Å². The minimum Gasteiger partial charge on any atom is -0.206 e. The molecular formula is C10H7FN2. The molecule has 1 aromatic heterocycles. The van der Waals surface area contributed by atoms with Crippen LogP contribution in [-0.2, 0) is 0 Å². The van der Waals surface area contributed by atoms with Gasteiger partial charge in [0.25, 0.3) is 0 Å². The molecule has 0 aliphatic carbocycles. The highest BCUT2D eigenvalue weighted by Crippen LogP contribution is 2.18. The van der Waals surface area contributed by atoms with Gasteiger partial charge < -0.3 is 0 Å². The van der Waals surface area contributed by atoms with E-state index in [0.717, 1.165) is 0 Å². The Labute approximate surface area is 75.1 Å².